The molecule has 0 aliphatic rings. The molecule has 1 atom stereocenters. The monoisotopic (exact) mass is 509 g/mol. The number of halogens is 2. The molecule has 178 valence electrons. The Kier molecular flexibility index (Phi) is 8.35. The Bertz CT molecular complexity index is 1360. The molecular formula is C25H21Cl2N5O3. The quantitative estimate of drug-likeness (QED) is 0.352. The summed E-state index contributed by atoms with van der Waals surface area (Å²) in [6, 6.07) is 18.4. The average Bonchev–Trinajstić information content (AvgIpc) is 3.34. The third-order valence-corrected chi connectivity index (χ3v) is 5.49. The lowest BCUT2D eigenvalue weighted by Gasteiger charge is -2.17. The topological polar surface area (TPSA) is 120 Å². The highest BCUT2D eigenvalue weighted by molar-refractivity contribution is 6.38. The lowest BCUT2D eigenvalue weighted by atomic mass is 10.0. The van der Waals surface area contributed by atoms with Gasteiger partial charge in [0.25, 0.3) is 11.8 Å². The van der Waals surface area contributed by atoms with E-state index in [1.54, 1.807) is 53.2 Å². The van der Waals surface area contributed by atoms with Crippen molar-refractivity contribution in [1.29, 1.82) is 0 Å². The zero-order valence-corrected chi connectivity index (χ0v) is 19.9. The van der Waals surface area contributed by atoms with Crippen LogP contribution < -0.4 is 11.1 Å². The Morgan fingerprint density at radius 1 is 0.971 bits per heavy atom. The van der Waals surface area contributed by atoms with Crippen LogP contribution in [0.2, 0.25) is 5.02 Å². The zero-order chi connectivity index (χ0) is 24.1. The summed E-state index contributed by atoms with van der Waals surface area (Å²) in [5.41, 5.74) is 7.53. The predicted octanol–water partition coefficient (Wildman–Crippen LogP) is 3.41. The van der Waals surface area contributed by atoms with Gasteiger partial charge in [-0.1, -0.05) is 60.1 Å². The van der Waals surface area contributed by atoms with E-state index in [-0.39, 0.29) is 24.4 Å². The first kappa shape index (κ1) is 25.6. The number of primary amides is 1. The SMILES string of the molecule is Cl.NC(=O)C(=O)C(Cc1ccccc1)NC(=O)c1cccnc1-n1cnc(-c2ccccc2Cl)c1. The normalized spacial score (nSPS) is 11.2. The second kappa shape index (κ2) is 11.4. The van der Waals surface area contributed by atoms with Gasteiger partial charge in [0.2, 0.25) is 5.78 Å². The van der Waals surface area contributed by atoms with Crippen molar-refractivity contribution in [2.45, 2.75) is 12.5 Å². The number of amides is 2. The molecule has 0 spiro atoms. The summed E-state index contributed by atoms with van der Waals surface area (Å²) in [4.78, 5) is 45.9. The highest BCUT2D eigenvalue weighted by Gasteiger charge is 2.27. The van der Waals surface area contributed by atoms with Crippen LogP contribution >= 0.6 is 24.0 Å². The van der Waals surface area contributed by atoms with Crippen LogP contribution in [0.15, 0.2) is 85.5 Å². The molecule has 8 nitrogen and oxygen atoms in total. The molecule has 2 heterocycles. The van der Waals surface area contributed by atoms with Gasteiger partial charge in [-0.25, -0.2) is 9.97 Å². The van der Waals surface area contributed by atoms with Crippen molar-refractivity contribution in [3.05, 3.63) is 102 Å². The van der Waals surface area contributed by atoms with Crippen molar-refractivity contribution < 1.29 is 14.4 Å². The van der Waals surface area contributed by atoms with Crippen LogP contribution in [0.1, 0.15) is 15.9 Å². The molecule has 0 fully saturated rings. The largest absolute Gasteiger partial charge is 0.363 e. The van der Waals surface area contributed by atoms with E-state index in [1.165, 1.54) is 12.5 Å². The molecule has 10 heteroatoms. The highest BCUT2D eigenvalue weighted by atomic mass is 35.5. The number of carbonyl (C=O) groups is 3. The summed E-state index contributed by atoms with van der Waals surface area (Å²) in [5, 5.41) is 3.18. The zero-order valence-electron chi connectivity index (χ0n) is 18.3. The van der Waals surface area contributed by atoms with Crippen molar-refractivity contribution >= 4 is 41.6 Å². The molecule has 2 aromatic heterocycles. The lowest BCUT2D eigenvalue weighted by Crippen LogP contribution is -2.47. The number of imidazole rings is 1. The standard InChI is InChI=1S/C25H20ClN5O3.ClH/c26-19-11-5-4-9-17(19)21-14-31(15-29-21)24-18(10-6-12-28-24)25(34)30-20(22(32)23(27)33)13-16-7-2-1-3-8-16;/h1-12,14-15,20H,13H2,(H2,27,33)(H,30,34);1H. The Morgan fingerprint density at radius 2 is 1.69 bits per heavy atom. The molecule has 0 saturated heterocycles. The number of benzene rings is 2. The Labute approximate surface area is 212 Å². The van der Waals surface area contributed by atoms with Crippen LogP contribution in [0.5, 0.6) is 0 Å². The maximum atomic E-state index is 13.2. The number of pyridine rings is 1. The fourth-order valence-corrected chi connectivity index (χ4v) is 3.73. The van der Waals surface area contributed by atoms with E-state index in [0.29, 0.717) is 16.5 Å². The Hall–Kier alpha value is -4.01. The van der Waals surface area contributed by atoms with Gasteiger partial charge in [-0.05, 0) is 23.8 Å². The molecule has 0 bridgehead atoms. The fraction of sp³-hybridized carbons (Fsp3) is 0.0800. The van der Waals surface area contributed by atoms with Crippen molar-refractivity contribution in [1.82, 2.24) is 19.9 Å². The number of nitrogens with two attached hydrogens (primary N) is 1. The van der Waals surface area contributed by atoms with E-state index in [1.807, 2.05) is 24.3 Å². The fourth-order valence-electron chi connectivity index (χ4n) is 3.49. The molecule has 4 rings (SSSR count). The van der Waals surface area contributed by atoms with E-state index < -0.39 is 23.6 Å². The van der Waals surface area contributed by atoms with Crippen molar-refractivity contribution in [3.63, 3.8) is 0 Å². The minimum absolute atomic E-state index is 0. The highest BCUT2D eigenvalue weighted by Crippen LogP contribution is 2.26. The van der Waals surface area contributed by atoms with Gasteiger partial charge >= 0.3 is 0 Å². The summed E-state index contributed by atoms with van der Waals surface area (Å²) in [6.45, 7) is 0. The molecule has 2 aromatic carbocycles. The Balaban J connectivity index is 0.00000342. The smallest absolute Gasteiger partial charge is 0.287 e. The molecule has 2 amide bonds. The van der Waals surface area contributed by atoms with Crippen LogP contribution in [0.3, 0.4) is 0 Å². The molecular weight excluding hydrogens is 489 g/mol. The van der Waals surface area contributed by atoms with Crippen LogP contribution in [0, 0.1) is 0 Å². The maximum Gasteiger partial charge on any atom is 0.287 e. The summed E-state index contributed by atoms with van der Waals surface area (Å²) in [6.07, 6.45) is 4.88. The second-order valence-electron chi connectivity index (χ2n) is 7.46. The molecule has 0 saturated carbocycles. The number of ketones is 1. The molecule has 35 heavy (non-hydrogen) atoms. The minimum Gasteiger partial charge on any atom is -0.363 e. The number of hydrogen-bond acceptors (Lipinski definition) is 5. The van der Waals surface area contributed by atoms with E-state index in [2.05, 4.69) is 15.3 Å². The minimum atomic E-state index is -1.12. The number of carbonyl (C=O) groups excluding carboxylic acids is 3. The first-order valence-corrected chi connectivity index (χ1v) is 10.7. The van der Waals surface area contributed by atoms with Crippen molar-refractivity contribution in [2.75, 3.05) is 0 Å². The van der Waals surface area contributed by atoms with Gasteiger partial charge in [-0.2, -0.15) is 0 Å². The summed E-state index contributed by atoms with van der Waals surface area (Å²) in [5.74, 6) is -2.28. The van der Waals surface area contributed by atoms with Crippen molar-refractivity contribution in [3.8, 4) is 17.1 Å². The van der Waals surface area contributed by atoms with Gasteiger partial charge in [0, 0.05) is 24.4 Å². The molecule has 0 aliphatic carbocycles. The first-order chi connectivity index (χ1) is 16.4. The van der Waals surface area contributed by atoms with Crippen LogP contribution in [-0.4, -0.2) is 38.2 Å². The predicted molar refractivity (Wildman–Crippen MR) is 135 cm³/mol. The van der Waals surface area contributed by atoms with Gasteiger partial charge in [0.15, 0.2) is 5.82 Å². The number of hydrogen-bond donors (Lipinski definition) is 2. The van der Waals surface area contributed by atoms with Gasteiger partial charge in [-0.3, -0.25) is 19.0 Å². The molecule has 0 radical (unpaired) electrons. The number of aromatic nitrogens is 3. The first-order valence-electron chi connectivity index (χ1n) is 10.4. The van der Waals surface area contributed by atoms with Gasteiger partial charge in [-0.15, -0.1) is 12.4 Å². The van der Waals surface area contributed by atoms with Crippen LogP contribution in [0.4, 0.5) is 0 Å². The van der Waals surface area contributed by atoms with Gasteiger partial charge in [0.1, 0.15) is 12.4 Å². The van der Waals surface area contributed by atoms with Crippen molar-refractivity contribution in [2.24, 2.45) is 5.73 Å². The van der Waals surface area contributed by atoms with E-state index >= 15 is 0 Å². The summed E-state index contributed by atoms with van der Waals surface area (Å²) >= 11 is 6.28. The lowest BCUT2D eigenvalue weighted by molar-refractivity contribution is -0.137. The van der Waals surface area contributed by atoms with Gasteiger partial charge in [0.05, 0.1) is 16.3 Å². The molecule has 0 aliphatic heterocycles. The molecule has 4 aromatic rings. The number of nitrogens with zero attached hydrogens (tertiary/aromatic N) is 3. The van der Waals surface area contributed by atoms with E-state index in [0.717, 1.165) is 11.1 Å². The Morgan fingerprint density at radius 3 is 2.40 bits per heavy atom. The molecule has 3 N–H and O–H groups in total. The van der Waals surface area contributed by atoms with Crippen LogP contribution in [-0.2, 0) is 16.0 Å². The van der Waals surface area contributed by atoms with Gasteiger partial charge < -0.3 is 11.1 Å². The maximum absolute atomic E-state index is 13.2. The average molecular weight is 510 g/mol. The molecule has 1 unspecified atom stereocenters. The third kappa shape index (κ3) is 5.92. The number of nitrogens with one attached hydrogen (secondary N) is 1. The second-order valence-corrected chi connectivity index (χ2v) is 7.87. The summed E-state index contributed by atoms with van der Waals surface area (Å²) in [7, 11) is 0. The summed E-state index contributed by atoms with van der Waals surface area (Å²) < 4.78 is 1.59. The third-order valence-electron chi connectivity index (χ3n) is 5.16. The number of rotatable bonds is 8. The van der Waals surface area contributed by atoms with Crippen LogP contribution in [0.25, 0.3) is 17.1 Å². The number of Topliss-reactive ketones (excluding diaryl/α,β-unsaturated/α-hetero) is 1. The van der Waals surface area contributed by atoms with E-state index in [9.17, 15) is 14.4 Å². The van der Waals surface area contributed by atoms with E-state index in [4.69, 9.17) is 17.3 Å².